The number of esters is 1. The van der Waals surface area contributed by atoms with Crippen LogP contribution in [0, 0.1) is 17.1 Å². The smallest absolute Gasteiger partial charge is 0.324 e. The third-order valence-electron chi connectivity index (χ3n) is 3.76. The SMILES string of the molecule is C[C@H](NS(=O)(=O)c1ccccc1F)C(=O)O[C@H](C)C(=O)Nc1ccc(C#N)cc1. The number of carbonyl (C=O) groups is 2. The summed E-state index contributed by atoms with van der Waals surface area (Å²) in [6.45, 7) is 2.53. The van der Waals surface area contributed by atoms with Crippen LogP contribution in [0.3, 0.4) is 0 Å². The fraction of sp³-hybridized carbons (Fsp3) is 0.211. The summed E-state index contributed by atoms with van der Waals surface area (Å²) >= 11 is 0. The van der Waals surface area contributed by atoms with Crippen molar-refractivity contribution in [3.05, 3.63) is 59.9 Å². The second kappa shape index (κ2) is 9.27. The zero-order valence-electron chi connectivity index (χ0n) is 15.5. The first-order chi connectivity index (χ1) is 13.6. The topological polar surface area (TPSA) is 125 Å². The molecule has 0 radical (unpaired) electrons. The van der Waals surface area contributed by atoms with Crippen LogP contribution in [0.2, 0.25) is 0 Å². The van der Waals surface area contributed by atoms with Gasteiger partial charge >= 0.3 is 5.97 Å². The van der Waals surface area contributed by atoms with Crippen LogP contribution in [0.25, 0.3) is 0 Å². The number of nitrogens with zero attached hydrogens (tertiary/aromatic N) is 1. The van der Waals surface area contributed by atoms with E-state index in [2.05, 4.69) is 5.32 Å². The second-order valence-corrected chi connectivity index (χ2v) is 7.71. The van der Waals surface area contributed by atoms with Gasteiger partial charge in [0.25, 0.3) is 5.91 Å². The van der Waals surface area contributed by atoms with Crippen molar-refractivity contribution in [1.82, 2.24) is 4.72 Å². The summed E-state index contributed by atoms with van der Waals surface area (Å²) in [6, 6.07) is 11.3. The number of benzene rings is 2. The Bertz CT molecular complexity index is 1050. The molecular weight excluding hydrogens is 401 g/mol. The highest BCUT2D eigenvalue weighted by molar-refractivity contribution is 7.89. The molecular formula is C19H18FN3O5S. The van der Waals surface area contributed by atoms with Crippen LogP contribution in [-0.2, 0) is 24.3 Å². The Morgan fingerprint density at radius 1 is 1.10 bits per heavy atom. The molecule has 0 aromatic heterocycles. The molecule has 0 aliphatic carbocycles. The van der Waals surface area contributed by atoms with Crippen LogP contribution in [-0.4, -0.2) is 32.4 Å². The largest absolute Gasteiger partial charge is 0.451 e. The van der Waals surface area contributed by atoms with Crippen molar-refractivity contribution in [3.8, 4) is 6.07 Å². The minimum Gasteiger partial charge on any atom is -0.451 e. The van der Waals surface area contributed by atoms with Gasteiger partial charge in [-0.1, -0.05) is 12.1 Å². The van der Waals surface area contributed by atoms with E-state index in [0.717, 1.165) is 12.1 Å². The molecule has 8 nitrogen and oxygen atoms in total. The number of hydrogen-bond acceptors (Lipinski definition) is 6. The zero-order chi connectivity index (χ0) is 21.6. The predicted molar refractivity (Wildman–Crippen MR) is 102 cm³/mol. The lowest BCUT2D eigenvalue weighted by atomic mass is 10.2. The number of hydrogen-bond donors (Lipinski definition) is 2. The Labute approximate surface area is 167 Å². The van der Waals surface area contributed by atoms with Gasteiger partial charge in [-0.25, -0.2) is 12.8 Å². The molecule has 0 fully saturated rings. The monoisotopic (exact) mass is 419 g/mol. The van der Waals surface area contributed by atoms with E-state index < -0.39 is 44.8 Å². The maximum absolute atomic E-state index is 13.7. The Hall–Kier alpha value is -3.29. The molecule has 2 aromatic carbocycles. The van der Waals surface area contributed by atoms with Gasteiger partial charge < -0.3 is 10.1 Å². The van der Waals surface area contributed by atoms with E-state index in [4.69, 9.17) is 10.00 Å². The number of amides is 1. The molecule has 0 aliphatic rings. The first kappa shape index (κ1) is 22.0. The van der Waals surface area contributed by atoms with Crippen molar-refractivity contribution in [2.75, 3.05) is 5.32 Å². The number of carbonyl (C=O) groups excluding carboxylic acids is 2. The first-order valence-electron chi connectivity index (χ1n) is 8.42. The second-order valence-electron chi connectivity index (χ2n) is 6.03. The molecule has 10 heteroatoms. The Balaban J connectivity index is 1.96. The van der Waals surface area contributed by atoms with E-state index in [1.54, 1.807) is 0 Å². The highest BCUT2D eigenvalue weighted by atomic mass is 32.2. The van der Waals surface area contributed by atoms with Gasteiger partial charge in [-0.15, -0.1) is 0 Å². The molecule has 2 rings (SSSR count). The number of nitrogens with one attached hydrogen (secondary N) is 2. The lowest BCUT2D eigenvalue weighted by Gasteiger charge is -2.18. The Morgan fingerprint density at radius 2 is 1.72 bits per heavy atom. The normalized spacial score (nSPS) is 13.0. The molecule has 29 heavy (non-hydrogen) atoms. The third-order valence-corrected chi connectivity index (χ3v) is 5.33. The van der Waals surface area contributed by atoms with E-state index in [1.807, 2.05) is 10.8 Å². The van der Waals surface area contributed by atoms with Crippen molar-refractivity contribution in [2.24, 2.45) is 0 Å². The molecule has 0 saturated heterocycles. The predicted octanol–water partition coefficient (Wildman–Crippen LogP) is 1.93. The van der Waals surface area contributed by atoms with Crippen LogP contribution in [0.5, 0.6) is 0 Å². The molecule has 0 bridgehead atoms. The van der Waals surface area contributed by atoms with Gasteiger partial charge in [0.15, 0.2) is 6.10 Å². The standard InChI is InChI=1S/C19H18FN3O5S/c1-12(23-29(26,27)17-6-4-3-5-16(17)20)19(25)28-13(2)18(24)22-15-9-7-14(11-21)8-10-15/h3-10,12-13,23H,1-2H3,(H,22,24)/t12-,13+/m0/s1. The third kappa shape index (κ3) is 5.84. The minimum absolute atomic E-state index is 0.394. The average molecular weight is 419 g/mol. The molecule has 0 aliphatic heterocycles. The summed E-state index contributed by atoms with van der Waals surface area (Å²) in [5, 5.41) is 11.3. The molecule has 0 heterocycles. The van der Waals surface area contributed by atoms with Gasteiger partial charge in [-0.05, 0) is 50.2 Å². The highest BCUT2D eigenvalue weighted by Crippen LogP contribution is 2.14. The Morgan fingerprint density at radius 3 is 2.31 bits per heavy atom. The van der Waals surface area contributed by atoms with Crippen LogP contribution >= 0.6 is 0 Å². The van der Waals surface area contributed by atoms with E-state index in [9.17, 15) is 22.4 Å². The van der Waals surface area contributed by atoms with Gasteiger partial charge in [-0.2, -0.15) is 9.98 Å². The maximum Gasteiger partial charge on any atom is 0.324 e. The van der Waals surface area contributed by atoms with Crippen LogP contribution in [0.4, 0.5) is 10.1 Å². The maximum atomic E-state index is 13.7. The van der Waals surface area contributed by atoms with Gasteiger partial charge in [0.2, 0.25) is 10.0 Å². The number of anilines is 1. The average Bonchev–Trinajstić information content (AvgIpc) is 2.68. The molecule has 0 spiro atoms. The van der Waals surface area contributed by atoms with Crippen molar-refractivity contribution in [3.63, 3.8) is 0 Å². The van der Waals surface area contributed by atoms with E-state index in [0.29, 0.717) is 11.3 Å². The fourth-order valence-electron chi connectivity index (χ4n) is 2.21. The first-order valence-corrected chi connectivity index (χ1v) is 9.90. The molecule has 2 atom stereocenters. The lowest BCUT2D eigenvalue weighted by molar-refractivity contribution is -0.154. The number of rotatable bonds is 7. The van der Waals surface area contributed by atoms with Crippen molar-refractivity contribution >= 4 is 27.6 Å². The molecule has 0 saturated carbocycles. The number of sulfonamides is 1. The summed E-state index contributed by atoms with van der Waals surface area (Å²) in [6.07, 6.45) is -1.22. The summed E-state index contributed by atoms with van der Waals surface area (Å²) < 4.78 is 45.1. The van der Waals surface area contributed by atoms with Crippen LogP contribution < -0.4 is 10.0 Å². The molecule has 152 valence electrons. The molecule has 1 amide bonds. The van der Waals surface area contributed by atoms with Crippen LogP contribution in [0.15, 0.2) is 53.4 Å². The van der Waals surface area contributed by atoms with Crippen molar-refractivity contribution in [2.45, 2.75) is 30.9 Å². The fourth-order valence-corrected chi connectivity index (χ4v) is 3.48. The summed E-state index contributed by atoms with van der Waals surface area (Å²) in [7, 11) is -4.30. The lowest BCUT2D eigenvalue weighted by Crippen LogP contribution is -2.42. The molecule has 2 aromatic rings. The van der Waals surface area contributed by atoms with Crippen LogP contribution in [0.1, 0.15) is 19.4 Å². The quantitative estimate of drug-likeness (QED) is 0.661. The van der Waals surface area contributed by atoms with Gasteiger partial charge in [0, 0.05) is 5.69 Å². The zero-order valence-corrected chi connectivity index (χ0v) is 16.4. The van der Waals surface area contributed by atoms with Crippen molar-refractivity contribution in [1.29, 1.82) is 5.26 Å². The summed E-state index contributed by atoms with van der Waals surface area (Å²) in [5.41, 5.74) is 0.809. The Kier molecular flexibility index (Phi) is 7.03. The van der Waals surface area contributed by atoms with E-state index in [1.165, 1.54) is 50.2 Å². The van der Waals surface area contributed by atoms with Gasteiger partial charge in [0.1, 0.15) is 16.8 Å². The summed E-state index contributed by atoms with van der Waals surface area (Å²) in [4.78, 5) is 23.7. The summed E-state index contributed by atoms with van der Waals surface area (Å²) in [5.74, 6) is -2.62. The van der Waals surface area contributed by atoms with Gasteiger partial charge in [0.05, 0.1) is 11.6 Å². The number of halogens is 1. The highest BCUT2D eigenvalue weighted by Gasteiger charge is 2.27. The van der Waals surface area contributed by atoms with Gasteiger partial charge in [-0.3, -0.25) is 9.59 Å². The number of nitriles is 1. The number of ether oxygens (including phenoxy) is 1. The van der Waals surface area contributed by atoms with E-state index in [-0.39, 0.29) is 0 Å². The van der Waals surface area contributed by atoms with E-state index >= 15 is 0 Å². The van der Waals surface area contributed by atoms with Crippen molar-refractivity contribution < 1.29 is 27.1 Å². The minimum atomic E-state index is -4.30. The molecule has 0 unspecified atom stereocenters. The molecule has 2 N–H and O–H groups in total.